The molecule has 0 bridgehead atoms. The fourth-order valence-electron chi connectivity index (χ4n) is 0.876. The van der Waals surface area contributed by atoms with Crippen LogP contribution in [0.2, 0.25) is 0 Å². The van der Waals surface area contributed by atoms with Gasteiger partial charge in [-0.2, -0.15) is 0 Å². The van der Waals surface area contributed by atoms with Gasteiger partial charge in [-0.25, -0.2) is 4.79 Å². The highest BCUT2D eigenvalue weighted by Gasteiger charge is 2.12. The van der Waals surface area contributed by atoms with Crippen molar-refractivity contribution in [3.63, 3.8) is 0 Å². The molecule has 0 heterocycles. The first kappa shape index (κ1) is 9.73. The second kappa shape index (κ2) is 3.57. The molecule has 0 spiro atoms. The molecule has 1 aromatic carbocycles. The molecule has 5 heteroatoms. The highest BCUT2D eigenvalue weighted by atomic mass is 79.9. The zero-order valence-electron chi connectivity index (χ0n) is 6.54. The average Bonchev–Trinajstić information content (AvgIpc) is 2.03. The Bertz CT molecular complexity index is 376. The van der Waals surface area contributed by atoms with E-state index in [-0.39, 0.29) is 11.3 Å². The van der Waals surface area contributed by atoms with Crippen molar-refractivity contribution >= 4 is 33.3 Å². The maximum Gasteiger partial charge on any atom is 0.354 e. The fraction of sp³-hybridized carbons (Fsp3) is 0. The van der Waals surface area contributed by atoms with Crippen molar-refractivity contribution in [2.24, 2.45) is 0 Å². The van der Waals surface area contributed by atoms with Crippen LogP contribution in [0.1, 0.15) is 5.56 Å². The minimum Gasteiger partial charge on any atom is -0.477 e. The molecule has 0 atom stereocenters. The lowest BCUT2D eigenvalue weighted by atomic mass is 10.1. The van der Waals surface area contributed by atoms with E-state index in [1.54, 1.807) is 12.1 Å². The summed E-state index contributed by atoms with van der Waals surface area (Å²) < 4.78 is 0.756. The van der Waals surface area contributed by atoms with E-state index in [0.29, 0.717) is 0 Å². The molecule has 0 amide bonds. The average molecular weight is 243 g/mol. The lowest BCUT2D eigenvalue weighted by Crippen LogP contribution is -2.14. The van der Waals surface area contributed by atoms with E-state index < -0.39 is 11.7 Å². The lowest BCUT2D eigenvalue weighted by molar-refractivity contribution is -0.129. The molecule has 0 saturated heterocycles. The summed E-state index contributed by atoms with van der Waals surface area (Å²) in [7, 11) is 0. The van der Waals surface area contributed by atoms with Gasteiger partial charge in [-0.3, -0.25) is 5.41 Å². The number of nitrogens with one attached hydrogen (secondary N) is 1. The van der Waals surface area contributed by atoms with E-state index in [1.165, 1.54) is 6.07 Å². The van der Waals surface area contributed by atoms with E-state index in [1.807, 2.05) is 0 Å². The van der Waals surface area contributed by atoms with E-state index in [9.17, 15) is 4.79 Å². The smallest absolute Gasteiger partial charge is 0.354 e. The van der Waals surface area contributed by atoms with Gasteiger partial charge in [0.15, 0.2) is 0 Å². The molecule has 0 radical (unpaired) electrons. The number of nitrogen functional groups attached to an aromatic ring is 1. The largest absolute Gasteiger partial charge is 0.477 e. The van der Waals surface area contributed by atoms with Crippen molar-refractivity contribution in [3.05, 3.63) is 28.2 Å². The fourth-order valence-corrected chi connectivity index (χ4v) is 1.26. The third-order valence-corrected chi connectivity index (χ3v) is 1.99. The monoisotopic (exact) mass is 242 g/mol. The SMILES string of the molecule is N=C(C(=O)O)c1ccc(Br)cc1N. The van der Waals surface area contributed by atoms with Crippen LogP contribution < -0.4 is 5.73 Å². The molecule has 0 aliphatic heterocycles. The normalized spacial score (nSPS) is 9.62. The van der Waals surface area contributed by atoms with Crippen molar-refractivity contribution in [2.75, 3.05) is 5.73 Å². The van der Waals surface area contributed by atoms with Gasteiger partial charge in [0.2, 0.25) is 0 Å². The van der Waals surface area contributed by atoms with Crippen molar-refractivity contribution in [1.82, 2.24) is 0 Å². The molecule has 68 valence electrons. The summed E-state index contributed by atoms with van der Waals surface area (Å²) in [4.78, 5) is 10.4. The molecular formula is C8H7BrN2O2. The van der Waals surface area contributed by atoms with Gasteiger partial charge in [-0.1, -0.05) is 15.9 Å². The number of nitrogens with two attached hydrogens (primary N) is 1. The zero-order chi connectivity index (χ0) is 10.0. The molecule has 0 saturated carbocycles. The number of hydrogen-bond acceptors (Lipinski definition) is 3. The summed E-state index contributed by atoms with van der Waals surface area (Å²) in [6.45, 7) is 0. The van der Waals surface area contributed by atoms with Gasteiger partial charge in [0, 0.05) is 15.7 Å². The van der Waals surface area contributed by atoms with Crippen LogP contribution in [-0.4, -0.2) is 16.8 Å². The summed E-state index contributed by atoms with van der Waals surface area (Å²) >= 11 is 3.18. The molecule has 1 rings (SSSR count). The predicted octanol–water partition coefficient (Wildman–Crippen LogP) is 1.48. The summed E-state index contributed by atoms with van der Waals surface area (Å²) in [5, 5.41) is 15.7. The summed E-state index contributed by atoms with van der Waals surface area (Å²) in [6.07, 6.45) is 0. The van der Waals surface area contributed by atoms with E-state index >= 15 is 0 Å². The molecule has 0 aromatic heterocycles. The molecule has 0 unspecified atom stereocenters. The molecule has 0 aliphatic rings. The minimum absolute atomic E-state index is 0.232. The summed E-state index contributed by atoms with van der Waals surface area (Å²) in [5.74, 6) is -1.28. The Hall–Kier alpha value is -1.36. The highest BCUT2D eigenvalue weighted by Crippen LogP contribution is 2.18. The van der Waals surface area contributed by atoms with E-state index in [4.69, 9.17) is 16.2 Å². The Labute approximate surface area is 83.0 Å². The van der Waals surface area contributed by atoms with Gasteiger partial charge in [0.05, 0.1) is 0 Å². The van der Waals surface area contributed by atoms with E-state index in [0.717, 1.165) is 4.47 Å². The number of carboxylic acids is 1. The van der Waals surface area contributed by atoms with Crippen molar-refractivity contribution in [1.29, 1.82) is 5.41 Å². The third kappa shape index (κ3) is 2.06. The van der Waals surface area contributed by atoms with Gasteiger partial charge in [-0.05, 0) is 18.2 Å². The standard InChI is InChI=1S/C8H7BrN2O2/c9-4-1-2-5(6(10)3-4)7(11)8(12)13/h1-3,11H,10H2,(H,12,13). The third-order valence-electron chi connectivity index (χ3n) is 1.50. The van der Waals surface area contributed by atoms with Crippen molar-refractivity contribution in [3.8, 4) is 0 Å². The number of carboxylic acid groups (broad SMARTS) is 1. The Morgan fingerprint density at radius 1 is 1.54 bits per heavy atom. The van der Waals surface area contributed by atoms with Crippen LogP contribution in [0.25, 0.3) is 0 Å². The molecule has 0 fully saturated rings. The molecule has 4 N–H and O–H groups in total. The Morgan fingerprint density at radius 2 is 2.15 bits per heavy atom. The second-order valence-electron chi connectivity index (χ2n) is 2.41. The zero-order valence-corrected chi connectivity index (χ0v) is 8.13. The van der Waals surface area contributed by atoms with Crippen molar-refractivity contribution < 1.29 is 9.90 Å². The maximum absolute atomic E-state index is 10.4. The van der Waals surface area contributed by atoms with Crippen LogP contribution in [0, 0.1) is 5.41 Å². The van der Waals surface area contributed by atoms with Crippen LogP contribution in [0.3, 0.4) is 0 Å². The van der Waals surface area contributed by atoms with Crippen LogP contribution in [-0.2, 0) is 4.79 Å². The topological polar surface area (TPSA) is 87.2 Å². The Morgan fingerprint density at radius 3 is 2.62 bits per heavy atom. The number of anilines is 1. The van der Waals surface area contributed by atoms with Crippen LogP contribution in [0.5, 0.6) is 0 Å². The first-order valence-corrected chi connectivity index (χ1v) is 4.19. The molecule has 0 aliphatic carbocycles. The van der Waals surface area contributed by atoms with Gasteiger partial charge >= 0.3 is 5.97 Å². The van der Waals surface area contributed by atoms with Gasteiger partial charge < -0.3 is 10.8 Å². The predicted molar refractivity (Wildman–Crippen MR) is 53.0 cm³/mol. The summed E-state index contributed by atoms with van der Waals surface area (Å²) in [6, 6.07) is 4.70. The van der Waals surface area contributed by atoms with Gasteiger partial charge in [0.1, 0.15) is 5.71 Å². The summed E-state index contributed by atoms with van der Waals surface area (Å²) in [5.41, 5.74) is 5.54. The van der Waals surface area contributed by atoms with Crippen LogP contribution >= 0.6 is 15.9 Å². The van der Waals surface area contributed by atoms with Crippen LogP contribution in [0.15, 0.2) is 22.7 Å². The number of aliphatic carboxylic acids is 1. The number of rotatable bonds is 2. The second-order valence-corrected chi connectivity index (χ2v) is 3.33. The molecule has 1 aromatic rings. The first-order valence-electron chi connectivity index (χ1n) is 3.39. The lowest BCUT2D eigenvalue weighted by Gasteiger charge is -2.03. The highest BCUT2D eigenvalue weighted by molar-refractivity contribution is 9.10. The van der Waals surface area contributed by atoms with Gasteiger partial charge in [-0.15, -0.1) is 0 Å². The quantitative estimate of drug-likeness (QED) is 0.543. The molecule has 4 nitrogen and oxygen atoms in total. The number of halogens is 1. The van der Waals surface area contributed by atoms with E-state index in [2.05, 4.69) is 15.9 Å². The Kier molecular flexibility index (Phi) is 2.67. The number of hydrogen-bond donors (Lipinski definition) is 3. The Balaban J connectivity index is 3.16. The molecular weight excluding hydrogens is 236 g/mol. The maximum atomic E-state index is 10.4. The molecule has 13 heavy (non-hydrogen) atoms. The van der Waals surface area contributed by atoms with Gasteiger partial charge in [0.25, 0.3) is 0 Å². The van der Waals surface area contributed by atoms with Crippen molar-refractivity contribution in [2.45, 2.75) is 0 Å². The first-order chi connectivity index (χ1) is 6.02. The number of benzene rings is 1. The minimum atomic E-state index is -1.28. The number of carbonyl (C=O) groups is 1. The van der Waals surface area contributed by atoms with Crippen LogP contribution in [0.4, 0.5) is 5.69 Å².